The van der Waals surface area contributed by atoms with Crippen LogP contribution in [-0.4, -0.2) is 19.9 Å². The average molecular weight is 300 g/mol. The molecule has 19 heavy (non-hydrogen) atoms. The molecule has 1 N–H and O–H groups in total. The lowest BCUT2D eigenvalue weighted by Crippen LogP contribution is -2.12. The summed E-state index contributed by atoms with van der Waals surface area (Å²) in [6.45, 7) is 4.01. The smallest absolute Gasteiger partial charge is 0.138 e. The fourth-order valence-electron chi connectivity index (χ4n) is 1.96. The summed E-state index contributed by atoms with van der Waals surface area (Å²) in [4.78, 5) is 4.17. The Hall–Kier alpha value is -1.10. The highest BCUT2D eigenvalue weighted by Crippen LogP contribution is 2.31. The zero-order chi connectivity index (χ0) is 14.0. The molecule has 4 nitrogen and oxygen atoms in total. The van der Waals surface area contributed by atoms with Crippen LogP contribution in [-0.2, 0) is 6.42 Å². The summed E-state index contributed by atoms with van der Waals surface area (Å²) in [5, 5.41) is 15.4. The molecule has 1 aromatic carbocycles. The molecule has 0 spiro atoms. The maximum absolute atomic E-state index is 10.3. The second-order valence-corrected chi connectivity index (χ2v) is 5.38. The number of rotatable bonds is 4. The van der Waals surface area contributed by atoms with Gasteiger partial charge in [-0.1, -0.05) is 29.3 Å². The summed E-state index contributed by atoms with van der Waals surface area (Å²) in [5.74, 6) is 0.707. The second kappa shape index (κ2) is 5.90. The number of halogens is 2. The van der Waals surface area contributed by atoms with Crippen molar-refractivity contribution in [1.82, 2.24) is 14.8 Å². The van der Waals surface area contributed by atoms with Crippen molar-refractivity contribution in [3.8, 4) is 0 Å². The van der Waals surface area contributed by atoms with Crippen LogP contribution >= 0.6 is 23.2 Å². The molecule has 102 valence electrons. The van der Waals surface area contributed by atoms with Crippen LogP contribution in [0.2, 0.25) is 10.0 Å². The highest BCUT2D eigenvalue weighted by molar-refractivity contribution is 6.36. The lowest BCUT2D eigenvalue weighted by Gasteiger charge is -2.15. The van der Waals surface area contributed by atoms with Gasteiger partial charge in [-0.3, -0.25) is 0 Å². The molecule has 6 heteroatoms. The van der Waals surface area contributed by atoms with Crippen LogP contribution < -0.4 is 0 Å². The fourth-order valence-corrected chi connectivity index (χ4v) is 2.60. The number of benzene rings is 1. The first-order valence-electron chi connectivity index (χ1n) is 6.01. The van der Waals surface area contributed by atoms with Gasteiger partial charge in [-0.05, 0) is 26.0 Å². The molecule has 0 bridgehead atoms. The topological polar surface area (TPSA) is 50.9 Å². The zero-order valence-corrected chi connectivity index (χ0v) is 12.2. The van der Waals surface area contributed by atoms with E-state index in [-0.39, 0.29) is 6.04 Å². The van der Waals surface area contributed by atoms with Crippen LogP contribution in [0, 0.1) is 0 Å². The molecule has 2 rings (SSSR count). The summed E-state index contributed by atoms with van der Waals surface area (Å²) in [6.07, 6.45) is 1.00. The van der Waals surface area contributed by atoms with Crippen molar-refractivity contribution in [3.63, 3.8) is 0 Å². The third kappa shape index (κ3) is 3.08. The molecular weight excluding hydrogens is 285 g/mol. The highest BCUT2D eigenvalue weighted by Gasteiger charge is 2.19. The number of nitrogens with zero attached hydrogens (tertiary/aromatic N) is 3. The normalized spacial score (nSPS) is 12.9. The Morgan fingerprint density at radius 1 is 1.26 bits per heavy atom. The molecular formula is C13H15Cl2N3O. The number of aromatic nitrogens is 3. The van der Waals surface area contributed by atoms with Crippen molar-refractivity contribution in [2.75, 3.05) is 0 Å². The van der Waals surface area contributed by atoms with Crippen molar-refractivity contribution in [2.24, 2.45) is 0 Å². The molecule has 0 fully saturated rings. The molecule has 0 aliphatic carbocycles. The minimum absolute atomic E-state index is 0.186. The van der Waals surface area contributed by atoms with Gasteiger partial charge in [0.25, 0.3) is 0 Å². The lowest BCUT2D eigenvalue weighted by atomic mass is 10.1. The van der Waals surface area contributed by atoms with Gasteiger partial charge in [0.1, 0.15) is 12.2 Å². The molecule has 1 unspecified atom stereocenters. The van der Waals surface area contributed by atoms with E-state index < -0.39 is 6.10 Å². The fraction of sp³-hybridized carbons (Fsp3) is 0.385. The molecule has 1 atom stereocenters. The van der Waals surface area contributed by atoms with Crippen molar-refractivity contribution in [1.29, 1.82) is 0 Å². The third-order valence-electron chi connectivity index (χ3n) is 2.85. The maximum atomic E-state index is 10.3. The van der Waals surface area contributed by atoms with Gasteiger partial charge >= 0.3 is 0 Å². The molecule has 0 aliphatic heterocycles. The van der Waals surface area contributed by atoms with Crippen molar-refractivity contribution >= 4 is 23.2 Å². The Kier molecular flexibility index (Phi) is 4.45. The average Bonchev–Trinajstić information content (AvgIpc) is 2.76. The Morgan fingerprint density at radius 2 is 1.89 bits per heavy atom. The van der Waals surface area contributed by atoms with E-state index in [0.717, 1.165) is 0 Å². The van der Waals surface area contributed by atoms with Crippen LogP contribution in [0.1, 0.15) is 37.4 Å². The minimum atomic E-state index is -0.803. The van der Waals surface area contributed by atoms with E-state index in [0.29, 0.717) is 27.9 Å². The summed E-state index contributed by atoms with van der Waals surface area (Å²) in [5.41, 5.74) is 0.532. The molecule has 2 aromatic rings. The molecule has 0 aliphatic rings. The zero-order valence-electron chi connectivity index (χ0n) is 10.7. The molecule has 0 saturated carbocycles. The predicted molar refractivity (Wildman–Crippen MR) is 75.5 cm³/mol. The first-order chi connectivity index (χ1) is 9.00. The van der Waals surface area contributed by atoms with Crippen LogP contribution in [0.3, 0.4) is 0 Å². The Morgan fingerprint density at radius 3 is 2.47 bits per heavy atom. The first kappa shape index (κ1) is 14.3. The van der Waals surface area contributed by atoms with E-state index in [2.05, 4.69) is 10.1 Å². The number of hydrogen-bond donors (Lipinski definition) is 1. The quantitative estimate of drug-likeness (QED) is 0.941. The van der Waals surface area contributed by atoms with E-state index >= 15 is 0 Å². The van der Waals surface area contributed by atoms with E-state index in [4.69, 9.17) is 23.2 Å². The number of hydrogen-bond acceptors (Lipinski definition) is 3. The van der Waals surface area contributed by atoms with E-state index in [1.54, 1.807) is 22.9 Å². The largest absolute Gasteiger partial charge is 0.388 e. The molecule has 0 radical (unpaired) electrons. The van der Waals surface area contributed by atoms with E-state index in [1.165, 1.54) is 6.33 Å². The number of aliphatic hydroxyl groups excluding tert-OH is 1. The second-order valence-electron chi connectivity index (χ2n) is 4.57. The molecule has 1 aromatic heterocycles. The summed E-state index contributed by atoms with van der Waals surface area (Å²) in [6, 6.07) is 5.35. The Balaban J connectivity index is 2.26. The molecule has 0 amide bonds. The van der Waals surface area contributed by atoms with Gasteiger partial charge in [0.15, 0.2) is 0 Å². The maximum Gasteiger partial charge on any atom is 0.138 e. The summed E-state index contributed by atoms with van der Waals surface area (Å²) in [7, 11) is 0. The standard InChI is InChI=1S/C13H15Cl2N3O/c1-8(2)18-12(16-7-17-18)6-11(19)13-9(14)4-3-5-10(13)15/h3-5,7-8,11,19H,6H2,1-2H3. The monoisotopic (exact) mass is 299 g/mol. The lowest BCUT2D eigenvalue weighted by molar-refractivity contribution is 0.173. The van der Waals surface area contributed by atoms with Crippen LogP contribution in [0.4, 0.5) is 0 Å². The summed E-state index contributed by atoms with van der Waals surface area (Å²) >= 11 is 12.2. The highest BCUT2D eigenvalue weighted by atomic mass is 35.5. The van der Waals surface area contributed by atoms with Gasteiger partial charge in [0, 0.05) is 28.1 Å². The molecule has 0 saturated heterocycles. The van der Waals surface area contributed by atoms with Crippen LogP contribution in [0.15, 0.2) is 24.5 Å². The van der Waals surface area contributed by atoms with Crippen molar-refractivity contribution < 1.29 is 5.11 Å². The van der Waals surface area contributed by atoms with Gasteiger partial charge in [0.05, 0.1) is 6.10 Å². The van der Waals surface area contributed by atoms with Crippen LogP contribution in [0.5, 0.6) is 0 Å². The third-order valence-corrected chi connectivity index (χ3v) is 3.50. The first-order valence-corrected chi connectivity index (χ1v) is 6.76. The van der Waals surface area contributed by atoms with Gasteiger partial charge in [-0.25, -0.2) is 9.67 Å². The van der Waals surface area contributed by atoms with Crippen LogP contribution in [0.25, 0.3) is 0 Å². The Bertz CT molecular complexity index is 549. The molecule has 1 heterocycles. The minimum Gasteiger partial charge on any atom is -0.388 e. The van der Waals surface area contributed by atoms with Gasteiger partial charge < -0.3 is 5.11 Å². The van der Waals surface area contributed by atoms with E-state index in [1.807, 2.05) is 13.8 Å². The van der Waals surface area contributed by atoms with E-state index in [9.17, 15) is 5.11 Å². The van der Waals surface area contributed by atoms with Crippen molar-refractivity contribution in [2.45, 2.75) is 32.4 Å². The predicted octanol–water partition coefficient (Wildman–Crippen LogP) is 3.44. The van der Waals surface area contributed by atoms with Gasteiger partial charge in [-0.2, -0.15) is 5.10 Å². The Labute approximate surface area is 122 Å². The number of aliphatic hydroxyl groups is 1. The van der Waals surface area contributed by atoms with Crippen molar-refractivity contribution in [3.05, 3.63) is 46.0 Å². The van der Waals surface area contributed by atoms with Gasteiger partial charge in [-0.15, -0.1) is 0 Å². The SMILES string of the molecule is CC(C)n1ncnc1CC(O)c1c(Cl)cccc1Cl. The van der Waals surface area contributed by atoms with Gasteiger partial charge in [0.2, 0.25) is 0 Å². The summed E-state index contributed by atoms with van der Waals surface area (Å²) < 4.78 is 1.77.